The van der Waals surface area contributed by atoms with E-state index in [1.165, 1.54) is 4.90 Å². The second-order valence-corrected chi connectivity index (χ2v) is 2.67. The second kappa shape index (κ2) is 6.22. The van der Waals surface area contributed by atoms with Crippen LogP contribution in [0.4, 0.5) is 0 Å². The van der Waals surface area contributed by atoms with Crippen molar-refractivity contribution in [2.45, 2.75) is 0 Å². The molecule has 1 aliphatic rings. The van der Waals surface area contributed by atoms with Crippen molar-refractivity contribution in [3.8, 4) is 0 Å². The largest absolute Gasteiger partial charge is 0.480 e. The third-order valence-corrected chi connectivity index (χ3v) is 1.48. The molecule has 0 aliphatic carbocycles. The Kier molecular flexibility index (Phi) is 5.32. The number of carboxylic acid groups (broad SMARTS) is 3. The van der Waals surface area contributed by atoms with Gasteiger partial charge in [0, 0.05) is 6.54 Å². The summed E-state index contributed by atoms with van der Waals surface area (Å²) in [6.45, 7) is 1.19. The SMILES string of the molecule is NC1=NCCN1CC(=O)O.O=C(O)C(=O)O. The molecule has 16 heavy (non-hydrogen) atoms. The van der Waals surface area contributed by atoms with Gasteiger partial charge in [0.05, 0.1) is 6.54 Å². The van der Waals surface area contributed by atoms with Crippen molar-refractivity contribution >= 4 is 23.9 Å². The number of carbonyl (C=O) groups is 3. The Labute approximate surface area is 89.8 Å². The monoisotopic (exact) mass is 233 g/mol. The van der Waals surface area contributed by atoms with Crippen LogP contribution in [0.2, 0.25) is 0 Å². The normalized spacial score (nSPS) is 13.5. The molecule has 5 N–H and O–H groups in total. The molecule has 9 heteroatoms. The van der Waals surface area contributed by atoms with E-state index in [0.717, 1.165) is 0 Å². The molecule has 1 rings (SSSR count). The van der Waals surface area contributed by atoms with Gasteiger partial charge in [-0.1, -0.05) is 0 Å². The van der Waals surface area contributed by atoms with Crippen molar-refractivity contribution in [2.24, 2.45) is 10.7 Å². The van der Waals surface area contributed by atoms with Crippen molar-refractivity contribution in [1.29, 1.82) is 0 Å². The Morgan fingerprint density at radius 3 is 2.00 bits per heavy atom. The second-order valence-electron chi connectivity index (χ2n) is 2.67. The molecule has 0 amide bonds. The van der Waals surface area contributed by atoms with E-state index in [4.69, 9.17) is 30.6 Å². The molecule has 0 aromatic carbocycles. The number of nitrogens with two attached hydrogens (primary N) is 1. The van der Waals surface area contributed by atoms with Gasteiger partial charge in [0.25, 0.3) is 0 Å². The molecule has 0 bridgehead atoms. The molecule has 1 heterocycles. The minimum atomic E-state index is -1.82. The molecule has 0 spiro atoms. The fourth-order valence-corrected chi connectivity index (χ4v) is 0.823. The zero-order chi connectivity index (χ0) is 12.7. The Hall–Kier alpha value is -2.32. The average Bonchev–Trinajstić information content (AvgIpc) is 2.52. The van der Waals surface area contributed by atoms with E-state index in [-0.39, 0.29) is 6.54 Å². The summed E-state index contributed by atoms with van der Waals surface area (Å²) < 4.78 is 0. The average molecular weight is 233 g/mol. The summed E-state index contributed by atoms with van der Waals surface area (Å²) in [7, 11) is 0. The maximum atomic E-state index is 10.1. The smallest absolute Gasteiger partial charge is 0.414 e. The lowest BCUT2D eigenvalue weighted by molar-refractivity contribution is -0.159. The molecular formula is C7H11N3O6. The van der Waals surface area contributed by atoms with Crippen molar-refractivity contribution < 1.29 is 29.7 Å². The van der Waals surface area contributed by atoms with Crippen LogP contribution in [0, 0.1) is 0 Å². The van der Waals surface area contributed by atoms with Crippen LogP contribution in [-0.2, 0) is 14.4 Å². The lowest BCUT2D eigenvalue weighted by atomic mass is 10.5. The predicted molar refractivity (Wildman–Crippen MR) is 51.0 cm³/mol. The standard InChI is InChI=1S/C5H9N3O2.C2H2O4/c6-5-7-1-2-8(5)3-4(9)10;3-1(4)2(5)6/h1-3H2,(H2,6,7)(H,9,10);(H,3,4)(H,5,6). The van der Waals surface area contributed by atoms with Gasteiger partial charge in [-0.05, 0) is 0 Å². The molecule has 90 valence electrons. The van der Waals surface area contributed by atoms with Gasteiger partial charge in [-0.25, -0.2) is 9.59 Å². The number of hydrogen-bond acceptors (Lipinski definition) is 6. The van der Waals surface area contributed by atoms with Crippen LogP contribution in [0.1, 0.15) is 0 Å². The Morgan fingerprint density at radius 2 is 1.75 bits per heavy atom. The molecule has 0 aromatic rings. The molecular weight excluding hydrogens is 222 g/mol. The van der Waals surface area contributed by atoms with Crippen molar-refractivity contribution in [3.63, 3.8) is 0 Å². The van der Waals surface area contributed by atoms with E-state index in [0.29, 0.717) is 19.0 Å². The zero-order valence-electron chi connectivity index (χ0n) is 8.16. The van der Waals surface area contributed by atoms with Gasteiger partial charge in [0.15, 0.2) is 5.96 Å². The van der Waals surface area contributed by atoms with E-state index in [1.54, 1.807) is 0 Å². The fourth-order valence-electron chi connectivity index (χ4n) is 0.823. The van der Waals surface area contributed by atoms with Gasteiger partial charge < -0.3 is 26.0 Å². The van der Waals surface area contributed by atoms with Crippen LogP contribution >= 0.6 is 0 Å². The Balaban J connectivity index is 0.000000325. The Bertz CT molecular complexity index is 314. The third-order valence-electron chi connectivity index (χ3n) is 1.48. The highest BCUT2D eigenvalue weighted by Gasteiger charge is 2.15. The highest BCUT2D eigenvalue weighted by molar-refractivity contribution is 6.27. The van der Waals surface area contributed by atoms with E-state index >= 15 is 0 Å². The van der Waals surface area contributed by atoms with E-state index in [1.807, 2.05) is 0 Å². The van der Waals surface area contributed by atoms with E-state index < -0.39 is 17.9 Å². The summed E-state index contributed by atoms with van der Waals surface area (Å²) in [6, 6.07) is 0. The number of hydrogen-bond donors (Lipinski definition) is 4. The molecule has 0 saturated carbocycles. The predicted octanol–water partition coefficient (Wildman–Crippen LogP) is -2.14. The third kappa shape index (κ3) is 5.42. The summed E-state index contributed by atoms with van der Waals surface area (Å²) in [5.74, 6) is -4.19. The van der Waals surface area contributed by atoms with Gasteiger partial charge in [-0.3, -0.25) is 9.79 Å². The topological polar surface area (TPSA) is 154 Å². The first-order chi connectivity index (χ1) is 7.34. The Morgan fingerprint density at radius 1 is 1.25 bits per heavy atom. The van der Waals surface area contributed by atoms with Gasteiger partial charge >= 0.3 is 17.9 Å². The summed E-state index contributed by atoms with van der Waals surface area (Å²) >= 11 is 0. The molecule has 9 nitrogen and oxygen atoms in total. The number of carboxylic acids is 3. The number of guanidine groups is 1. The maximum Gasteiger partial charge on any atom is 0.414 e. The number of aliphatic imine (C=N–C) groups is 1. The summed E-state index contributed by atoms with van der Waals surface area (Å²) in [5, 5.41) is 23.1. The minimum absolute atomic E-state index is 0.0463. The molecule has 0 radical (unpaired) electrons. The number of nitrogens with zero attached hydrogens (tertiary/aromatic N) is 2. The molecule has 1 aliphatic heterocycles. The van der Waals surface area contributed by atoms with E-state index in [2.05, 4.69) is 4.99 Å². The van der Waals surface area contributed by atoms with Crippen molar-refractivity contribution in [1.82, 2.24) is 4.90 Å². The molecule has 0 aromatic heterocycles. The van der Waals surface area contributed by atoms with Crippen LogP contribution in [0.3, 0.4) is 0 Å². The first-order valence-electron chi connectivity index (χ1n) is 4.07. The van der Waals surface area contributed by atoms with Crippen molar-refractivity contribution in [2.75, 3.05) is 19.6 Å². The van der Waals surface area contributed by atoms with Crippen LogP contribution in [0.15, 0.2) is 4.99 Å². The van der Waals surface area contributed by atoms with Crippen LogP contribution in [0.25, 0.3) is 0 Å². The van der Waals surface area contributed by atoms with Gasteiger partial charge in [-0.15, -0.1) is 0 Å². The number of rotatable bonds is 2. The molecule has 0 fully saturated rings. The maximum absolute atomic E-state index is 10.1. The molecule has 0 atom stereocenters. The molecule has 0 unspecified atom stereocenters. The van der Waals surface area contributed by atoms with Gasteiger partial charge in [-0.2, -0.15) is 0 Å². The minimum Gasteiger partial charge on any atom is -0.480 e. The van der Waals surface area contributed by atoms with Gasteiger partial charge in [0.1, 0.15) is 6.54 Å². The first kappa shape index (κ1) is 13.7. The van der Waals surface area contributed by atoms with Gasteiger partial charge in [0.2, 0.25) is 0 Å². The van der Waals surface area contributed by atoms with Crippen molar-refractivity contribution in [3.05, 3.63) is 0 Å². The lowest BCUT2D eigenvalue weighted by Gasteiger charge is -2.13. The highest BCUT2D eigenvalue weighted by Crippen LogP contribution is 1.95. The van der Waals surface area contributed by atoms with E-state index in [9.17, 15) is 4.79 Å². The quantitative estimate of drug-likeness (QED) is 0.394. The lowest BCUT2D eigenvalue weighted by Crippen LogP contribution is -2.37. The first-order valence-corrected chi connectivity index (χ1v) is 4.07. The molecule has 0 saturated heterocycles. The summed E-state index contributed by atoms with van der Waals surface area (Å²) in [6.07, 6.45) is 0. The zero-order valence-corrected chi connectivity index (χ0v) is 8.16. The summed E-state index contributed by atoms with van der Waals surface area (Å²) in [5.41, 5.74) is 5.34. The highest BCUT2D eigenvalue weighted by atomic mass is 16.4. The van der Waals surface area contributed by atoms with Crippen LogP contribution in [0.5, 0.6) is 0 Å². The van der Waals surface area contributed by atoms with Crippen LogP contribution in [-0.4, -0.2) is 63.7 Å². The van der Waals surface area contributed by atoms with Crippen LogP contribution < -0.4 is 5.73 Å². The summed E-state index contributed by atoms with van der Waals surface area (Å²) in [4.78, 5) is 33.7. The fraction of sp³-hybridized carbons (Fsp3) is 0.429. The number of aliphatic carboxylic acids is 3.